The Labute approximate surface area is 72.0 Å². The Hall–Kier alpha value is -1.01. The van der Waals surface area contributed by atoms with Crippen LogP contribution in [0.3, 0.4) is 0 Å². The lowest BCUT2D eigenvalue weighted by Gasteiger charge is -1.99. The molecular formula is C6H7FN2O2S. The number of nitro groups is 1. The third-order valence-corrected chi connectivity index (χ3v) is 2.49. The molecule has 6 heteroatoms. The van der Waals surface area contributed by atoms with Crippen LogP contribution in [0.25, 0.3) is 0 Å². The van der Waals surface area contributed by atoms with Crippen LogP contribution in [0.4, 0.5) is 9.39 Å². The Bertz CT molecular complexity index is 289. The molecule has 12 heavy (non-hydrogen) atoms. The molecule has 0 aliphatic carbocycles. The van der Waals surface area contributed by atoms with E-state index in [9.17, 15) is 14.5 Å². The lowest BCUT2D eigenvalue weighted by Crippen LogP contribution is -2.09. The van der Waals surface area contributed by atoms with E-state index in [0.717, 1.165) is 11.3 Å². The monoisotopic (exact) mass is 190 g/mol. The molecule has 1 aromatic heterocycles. The fourth-order valence-electron chi connectivity index (χ4n) is 0.716. The van der Waals surface area contributed by atoms with Crippen LogP contribution >= 0.6 is 11.3 Å². The van der Waals surface area contributed by atoms with Crippen molar-refractivity contribution in [1.29, 1.82) is 0 Å². The van der Waals surface area contributed by atoms with E-state index in [1.807, 2.05) is 0 Å². The summed E-state index contributed by atoms with van der Waals surface area (Å²) >= 11 is 0.910. The molecule has 4 nitrogen and oxygen atoms in total. The minimum absolute atomic E-state index is 0.00565. The molecule has 0 aliphatic heterocycles. The van der Waals surface area contributed by atoms with Crippen molar-refractivity contribution < 1.29 is 9.31 Å². The lowest BCUT2D eigenvalue weighted by molar-refractivity contribution is -0.380. The van der Waals surface area contributed by atoms with Gasteiger partial charge in [0.1, 0.15) is 6.67 Å². The van der Waals surface area contributed by atoms with Crippen molar-refractivity contribution in [3.8, 4) is 0 Å². The summed E-state index contributed by atoms with van der Waals surface area (Å²) < 4.78 is 12.0. The van der Waals surface area contributed by atoms with E-state index in [4.69, 9.17) is 5.73 Å². The van der Waals surface area contributed by atoms with E-state index >= 15 is 0 Å². The van der Waals surface area contributed by atoms with Crippen LogP contribution in [0.1, 0.15) is 10.9 Å². The van der Waals surface area contributed by atoms with Crippen LogP contribution in [0, 0.1) is 10.1 Å². The Morgan fingerprint density at radius 3 is 2.83 bits per heavy atom. The van der Waals surface area contributed by atoms with Crippen LogP contribution in [0.5, 0.6) is 0 Å². The van der Waals surface area contributed by atoms with Gasteiger partial charge in [0.05, 0.1) is 11.0 Å². The van der Waals surface area contributed by atoms with Gasteiger partial charge in [0.2, 0.25) is 0 Å². The smallest absolute Gasteiger partial charge is 0.321 e. The summed E-state index contributed by atoms with van der Waals surface area (Å²) in [4.78, 5) is 10.2. The van der Waals surface area contributed by atoms with Gasteiger partial charge in [-0.1, -0.05) is 11.3 Å². The minimum atomic E-state index is -0.733. The van der Waals surface area contributed by atoms with Gasteiger partial charge in [0.15, 0.2) is 0 Å². The fourth-order valence-corrected chi connectivity index (χ4v) is 1.52. The molecule has 1 atom stereocenters. The fraction of sp³-hybridized carbons (Fsp3) is 0.333. The largest absolute Gasteiger partial charge is 0.324 e. The van der Waals surface area contributed by atoms with Gasteiger partial charge in [-0.25, -0.2) is 4.39 Å². The summed E-state index contributed by atoms with van der Waals surface area (Å²) in [5.41, 5.74) is 5.32. The van der Waals surface area contributed by atoms with Gasteiger partial charge in [-0.05, 0) is 6.07 Å². The Morgan fingerprint density at radius 2 is 2.42 bits per heavy atom. The molecule has 0 saturated carbocycles. The number of thiophene rings is 1. The van der Waals surface area contributed by atoms with E-state index < -0.39 is 17.6 Å². The molecule has 0 bridgehead atoms. The minimum Gasteiger partial charge on any atom is -0.321 e. The van der Waals surface area contributed by atoms with Crippen molar-refractivity contribution in [1.82, 2.24) is 0 Å². The van der Waals surface area contributed by atoms with Gasteiger partial charge in [0, 0.05) is 10.9 Å². The molecule has 1 heterocycles. The summed E-state index contributed by atoms with van der Waals surface area (Å²) in [7, 11) is 0. The maximum absolute atomic E-state index is 12.0. The number of rotatable bonds is 3. The quantitative estimate of drug-likeness (QED) is 0.581. The molecule has 0 aromatic carbocycles. The molecule has 0 amide bonds. The van der Waals surface area contributed by atoms with Crippen molar-refractivity contribution in [3.05, 3.63) is 27.1 Å². The normalized spacial score (nSPS) is 12.8. The van der Waals surface area contributed by atoms with Crippen molar-refractivity contribution in [2.75, 3.05) is 6.67 Å². The molecule has 0 radical (unpaired) electrons. The van der Waals surface area contributed by atoms with Crippen LogP contribution < -0.4 is 5.73 Å². The zero-order chi connectivity index (χ0) is 9.14. The topological polar surface area (TPSA) is 69.2 Å². The molecule has 0 unspecified atom stereocenters. The first kappa shape index (κ1) is 9.08. The highest BCUT2D eigenvalue weighted by molar-refractivity contribution is 7.15. The summed E-state index contributed by atoms with van der Waals surface area (Å²) in [6.45, 7) is -0.697. The second-order valence-corrected chi connectivity index (χ2v) is 3.29. The van der Waals surface area contributed by atoms with Crippen LogP contribution in [0.2, 0.25) is 0 Å². The highest BCUT2D eigenvalue weighted by atomic mass is 32.1. The van der Waals surface area contributed by atoms with Crippen LogP contribution in [-0.2, 0) is 0 Å². The number of nitrogens with two attached hydrogens (primary N) is 1. The van der Waals surface area contributed by atoms with Gasteiger partial charge in [0.25, 0.3) is 0 Å². The van der Waals surface area contributed by atoms with Gasteiger partial charge in [-0.15, -0.1) is 0 Å². The predicted molar refractivity (Wildman–Crippen MR) is 43.9 cm³/mol. The molecule has 0 fully saturated rings. The van der Waals surface area contributed by atoms with Gasteiger partial charge < -0.3 is 5.73 Å². The molecule has 66 valence electrons. The zero-order valence-corrected chi connectivity index (χ0v) is 6.88. The highest BCUT2D eigenvalue weighted by Gasteiger charge is 2.14. The summed E-state index contributed by atoms with van der Waals surface area (Å²) in [6.07, 6.45) is 0. The highest BCUT2D eigenvalue weighted by Crippen LogP contribution is 2.27. The average Bonchev–Trinajstić information content (AvgIpc) is 2.51. The number of nitrogens with zero attached hydrogens (tertiary/aromatic N) is 1. The van der Waals surface area contributed by atoms with E-state index in [1.165, 1.54) is 12.1 Å². The van der Waals surface area contributed by atoms with Crippen molar-refractivity contribution in [3.63, 3.8) is 0 Å². The summed E-state index contributed by atoms with van der Waals surface area (Å²) in [5.74, 6) is 0. The average molecular weight is 190 g/mol. The van der Waals surface area contributed by atoms with Gasteiger partial charge in [-0.3, -0.25) is 10.1 Å². The number of hydrogen-bond donors (Lipinski definition) is 1. The maximum atomic E-state index is 12.0. The Kier molecular flexibility index (Phi) is 2.72. The zero-order valence-electron chi connectivity index (χ0n) is 6.07. The lowest BCUT2D eigenvalue weighted by atomic mass is 10.3. The van der Waals surface area contributed by atoms with E-state index in [1.54, 1.807) is 0 Å². The van der Waals surface area contributed by atoms with E-state index in [-0.39, 0.29) is 5.00 Å². The molecular weight excluding hydrogens is 183 g/mol. The van der Waals surface area contributed by atoms with Crippen molar-refractivity contribution in [2.24, 2.45) is 5.73 Å². The third kappa shape index (κ3) is 1.77. The van der Waals surface area contributed by atoms with Crippen molar-refractivity contribution in [2.45, 2.75) is 6.04 Å². The molecule has 0 spiro atoms. The first-order chi connectivity index (χ1) is 5.65. The molecule has 0 saturated heterocycles. The van der Waals surface area contributed by atoms with E-state index in [2.05, 4.69) is 0 Å². The number of hydrogen-bond acceptors (Lipinski definition) is 4. The first-order valence-electron chi connectivity index (χ1n) is 3.21. The SMILES string of the molecule is N[C@H](CF)c1ccc([N+](=O)[O-])s1. The Morgan fingerprint density at radius 1 is 1.75 bits per heavy atom. The maximum Gasteiger partial charge on any atom is 0.324 e. The van der Waals surface area contributed by atoms with Crippen molar-refractivity contribution >= 4 is 16.3 Å². The van der Waals surface area contributed by atoms with Gasteiger partial charge in [-0.2, -0.15) is 0 Å². The second-order valence-electron chi connectivity index (χ2n) is 2.19. The van der Waals surface area contributed by atoms with E-state index in [0.29, 0.717) is 4.88 Å². The molecule has 1 aromatic rings. The molecule has 2 N–H and O–H groups in total. The summed E-state index contributed by atoms with van der Waals surface area (Å²) in [6, 6.07) is 2.08. The molecule has 1 rings (SSSR count). The number of halogens is 1. The standard InChI is InChI=1S/C6H7FN2O2S/c7-3-4(8)5-1-2-6(12-5)9(10)11/h1-2,4H,3,8H2/t4-/m1/s1. The summed E-state index contributed by atoms with van der Waals surface area (Å²) in [5, 5.41) is 10.2. The molecule has 0 aliphatic rings. The third-order valence-electron chi connectivity index (χ3n) is 1.32. The van der Waals surface area contributed by atoms with Crippen LogP contribution in [0.15, 0.2) is 12.1 Å². The number of alkyl halides is 1. The second kappa shape index (κ2) is 3.59. The van der Waals surface area contributed by atoms with Crippen LogP contribution in [-0.4, -0.2) is 11.6 Å². The van der Waals surface area contributed by atoms with Gasteiger partial charge >= 0.3 is 5.00 Å². The first-order valence-corrected chi connectivity index (χ1v) is 4.02. The Balaban J connectivity index is 2.84. The predicted octanol–water partition coefficient (Wildman–Crippen LogP) is 1.63.